The number of hydrogen-bond donors (Lipinski definition) is 2. The van der Waals surface area contributed by atoms with E-state index in [0.717, 1.165) is 25.1 Å². The number of carbonyl (C=O) groups is 1. The van der Waals surface area contributed by atoms with E-state index < -0.39 is 6.36 Å². The Balaban J connectivity index is 2.25. The van der Waals surface area contributed by atoms with Crippen LogP contribution in [0.4, 0.5) is 13.2 Å². The van der Waals surface area contributed by atoms with Crippen molar-refractivity contribution < 1.29 is 22.7 Å². The van der Waals surface area contributed by atoms with Gasteiger partial charge < -0.3 is 15.4 Å². The number of halogens is 3. The van der Waals surface area contributed by atoms with E-state index in [1.165, 1.54) is 24.3 Å². The lowest BCUT2D eigenvalue weighted by molar-refractivity contribution is -0.274. The van der Waals surface area contributed by atoms with Gasteiger partial charge in [-0.15, -0.1) is 13.2 Å². The molecule has 1 aromatic rings. The number of rotatable bonds is 9. The number of benzene rings is 1. The van der Waals surface area contributed by atoms with Crippen molar-refractivity contribution in [3.8, 4) is 5.75 Å². The third-order valence-electron chi connectivity index (χ3n) is 2.85. The van der Waals surface area contributed by atoms with E-state index in [-0.39, 0.29) is 11.7 Å². The summed E-state index contributed by atoms with van der Waals surface area (Å²) in [4.78, 5) is 11.6. The van der Waals surface area contributed by atoms with Crippen LogP contribution < -0.4 is 15.4 Å². The van der Waals surface area contributed by atoms with Crippen LogP contribution in [0, 0.1) is 0 Å². The highest BCUT2D eigenvalue weighted by molar-refractivity contribution is 5.76. The minimum Gasteiger partial charge on any atom is -0.406 e. The molecule has 0 fully saturated rings. The van der Waals surface area contributed by atoms with Crippen LogP contribution in [-0.4, -0.2) is 31.9 Å². The van der Waals surface area contributed by atoms with Crippen molar-refractivity contribution in [3.63, 3.8) is 0 Å². The van der Waals surface area contributed by atoms with Gasteiger partial charge in [-0.25, -0.2) is 0 Å². The summed E-state index contributed by atoms with van der Waals surface area (Å²) in [7, 11) is 0. The Morgan fingerprint density at radius 3 is 2.41 bits per heavy atom. The first-order chi connectivity index (χ1) is 10.4. The molecule has 2 N–H and O–H groups in total. The van der Waals surface area contributed by atoms with Gasteiger partial charge in [-0.3, -0.25) is 4.79 Å². The molecule has 0 atom stereocenters. The van der Waals surface area contributed by atoms with E-state index in [1.807, 2.05) is 0 Å². The molecule has 0 bridgehead atoms. The molecule has 4 nitrogen and oxygen atoms in total. The highest BCUT2D eigenvalue weighted by atomic mass is 19.4. The Hall–Kier alpha value is -1.76. The van der Waals surface area contributed by atoms with Crippen LogP contribution in [0.3, 0.4) is 0 Å². The van der Waals surface area contributed by atoms with Crippen molar-refractivity contribution >= 4 is 5.91 Å². The molecule has 1 rings (SSSR count). The summed E-state index contributed by atoms with van der Waals surface area (Å²) in [5.74, 6) is -0.336. The summed E-state index contributed by atoms with van der Waals surface area (Å²) < 4.78 is 39.8. The molecule has 0 aliphatic heterocycles. The van der Waals surface area contributed by atoms with Crippen LogP contribution in [0.1, 0.15) is 25.3 Å². The molecule has 0 aliphatic rings. The predicted molar refractivity (Wildman–Crippen MR) is 77.6 cm³/mol. The molecule has 0 saturated heterocycles. The smallest absolute Gasteiger partial charge is 0.406 e. The summed E-state index contributed by atoms with van der Waals surface area (Å²) in [6, 6.07) is 5.54. The van der Waals surface area contributed by atoms with E-state index in [4.69, 9.17) is 0 Å². The Kier molecular flexibility index (Phi) is 7.73. The minimum atomic E-state index is -4.69. The van der Waals surface area contributed by atoms with Crippen molar-refractivity contribution in [1.82, 2.24) is 10.6 Å². The Morgan fingerprint density at radius 2 is 1.82 bits per heavy atom. The summed E-state index contributed by atoms with van der Waals surface area (Å²) >= 11 is 0. The average Bonchev–Trinajstić information content (AvgIpc) is 2.45. The molecule has 124 valence electrons. The zero-order valence-corrected chi connectivity index (χ0v) is 12.5. The lowest BCUT2D eigenvalue weighted by atomic mass is 10.1. The second-order valence-electron chi connectivity index (χ2n) is 4.79. The lowest BCUT2D eigenvalue weighted by Crippen LogP contribution is -2.32. The number of amides is 1. The topological polar surface area (TPSA) is 50.4 Å². The number of aryl methyl sites for hydroxylation is 1. The SMILES string of the molecule is CCCNCCNC(=O)CCc1ccc(OC(F)(F)F)cc1. The van der Waals surface area contributed by atoms with Gasteiger partial charge in [0.15, 0.2) is 0 Å². The van der Waals surface area contributed by atoms with Gasteiger partial charge in [-0.2, -0.15) is 0 Å². The van der Waals surface area contributed by atoms with Crippen molar-refractivity contribution in [3.05, 3.63) is 29.8 Å². The fraction of sp³-hybridized carbons (Fsp3) is 0.533. The van der Waals surface area contributed by atoms with Gasteiger partial charge in [0.1, 0.15) is 5.75 Å². The highest BCUT2D eigenvalue weighted by Crippen LogP contribution is 2.22. The van der Waals surface area contributed by atoms with Crippen LogP contribution >= 0.6 is 0 Å². The lowest BCUT2D eigenvalue weighted by Gasteiger charge is -2.09. The maximum Gasteiger partial charge on any atom is 0.573 e. The third-order valence-corrected chi connectivity index (χ3v) is 2.85. The summed E-state index contributed by atoms with van der Waals surface area (Å²) in [6.07, 6.45) is -2.87. The van der Waals surface area contributed by atoms with Crippen molar-refractivity contribution in [2.24, 2.45) is 0 Å². The van der Waals surface area contributed by atoms with E-state index >= 15 is 0 Å². The predicted octanol–water partition coefficient (Wildman–Crippen LogP) is 2.63. The second kappa shape index (κ2) is 9.30. The summed E-state index contributed by atoms with van der Waals surface area (Å²) in [6.45, 7) is 4.28. The Labute approximate surface area is 128 Å². The average molecular weight is 318 g/mol. The van der Waals surface area contributed by atoms with E-state index in [9.17, 15) is 18.0 Å². The van der Waals surface area contributed by atoms with Gasteiger partial charge in [-0.05, 0) is 37.1 Å². The zero-order chi connectivity index (χ0) is 16.4. The molecule has 0 heterocycles. The summed E-state index contributed by atoms with van der Waals surface area (Å²) in [5, 5.41) is 5.95. The van der Waals surface area contributed by atoms with Gasteiger partial charge in [-0.1, -0.05) is 19.1 Å². The van der Waals surface area contributed by atoms with Crippen LogP contribution in [-0.2, 0) is 11.2 Å². The maximum atomic E-state index is 12.0. The second-order valence-corrected chi connectivity index (χ2v) is 4.79. The number of carbonyl (C=O) groups excluding carboxylic acids is 1. The van der Waals surface area contributed by atoms with E-state index in [0.29, 0.717) is 19.4 Å². The van der Waals surface area contributed by atoms with Crippen molar-refractivity contribution in [1.29, 1.82) is 0 Å². The molecule has 7 heteroatoms. The molecular formula is C15H21F3N2O2. The first-order valence-electron chi connectivity index (χ1n) is 7.23. The molecule has 22 heavy (non-hydrogen) atoms. The molecule has 1 aromatic carbocycles. The van der Waals surface area contributed by atoms with Crippen LogP contribution in [0.15, 0.2) is 24.3 Å². The standard InChI is InChI=1S/C15H21F3N2O2/c1-2-9-19-10-11-20-14(21)8-5-12-3-6-13(7-4-12)22-15(16,17)18/h3-4,6-7,19H,2,5,8-11H2,1H3,(H,20,21). The van der Waals surface area contributed by atoms with Gasteiger partial charge in [0.2, 0.25) is 5.91 Å². The van der Waals surface area contributed by atoms with Crippen molar-refractivity contribution in [2.75, 3.05) is 19.6 Å². The fourth-order valence-corrected chi connectivity index (χ4v) is 1.80. The summed E-state index contributed by atoms with van der Waals surface area (Å²) in [5.41, 5.74) is 0.786. The molecule has 1 amide bonds. The largest absolute Gasteiger partial charge is 0.573 e. The monoisotopic (exact) mass is 318 g/mol. The van der Waals surface area contributed by atoms with Gasteiger partial charge >= 0.3 is 6.36 Å². The van der Waals surface area contributed by atoms with Gasteiger partial charge in [0.05, 0.1) is 0 Å². The number of ether oxygens (including phenoxy) is 1. The van der Waals surface area contributed by atoms with Gasteiger partial charge in [0.25, 0.3) is 0 Å². The molecule has 0 aliphatic carbocycles. The highest BCUT2D eigenvalue weighted by Gasteiger charge is 2.30. The Bertz CT molecular complexity index is 447. The zero-order valence-electron chi connectivity index (χ0n) is 12.5. The number of hydrogen-bond acceptors (Lipinski definition) is 3. The van der Waals surface area contributed by atoms with E-state index in [2.05, 4.69) is 22.3 Å². The minimum absolute atomic E-state index is 0.0751. The van der Waals surface area contributed by atoms with Crippen LogP contribution in [0.2, 0.25) is 0 Å². The molecule has 0 spiro atoms. The van der Waals surface area contributed by atoms with Crippen LogP contribution in [0.5, 0.6) is 5.75 Å². The van der Waals surface area contributed by atoms with Crippen molar-refractivity contribution in [2.45, 2.75) is 32.5 Å². The van der Waals surface area contributed by atoms with Gasteiger partial charge in [0, 0.05) is 19.5 Å². The molecule has 0 aromatic heterocycles. The number of alkyl halides is 3. The molecular weight excluding hydrogens is 297 g/mol. The van der Waals surface area contributed by atoms with E-state index in [1.54, 1.807) is 0 Å². The molecule has 0 saturated carbocycles. The van der Waals surface area contributed by atoms with Crippen LogP contribution in [0.25, 0.3) is 0 Å². The number of nitrogens with one attached hydrogen (secondary N) is 2. The third kappa shape index (κ3) is 8.51. The first kappa shape index (κ1) is 18.3. The fourth-order valence-electron chi connectivity index (χ4n) is 1.80. The maximum absolute atomic E-state index is 12.0. The molecule has 0 unspecified atom stereocenters. The first-order valence-corrected chi connectivity index (χ1v) is 7.23. The Morgan fingerprint density at radius 1 is 1.14 bits per heavy atom. The normalized spacial score (nSPS) is 11.3. The molecule has 0 radical (unpaired) electrons. The quantitative estimate of drug-likeness (QED) is 0.688.